The molecule has 0 bridgehead atoms. The summed E-state index contributed by atoms with van der Waals surface area (Å²) in [6, 6.07) is 0.0161. The van der Waals surface area contributed by atoms with Crippen LogP contribution in [0.25, 0.3) is 0 Å². The topological polar surface area (TPSA) is 98.7 Å². The van der Waals surface area contributed by atoms with Crippen LogP contribution in [0.3, 0.4) is 0 Å². The highest BCUT2D eigenvalue weighted by Gasteiger charge is 2.63. The number of nitrogens with zero attached hydrogens (tertiary/aromatic N) is 1. The summed E-state index contributed by atoms with van der Waals surface area (Å²) in [4.78, 5) is 24.8. The molecule has 0 radical (unpaired) electrons. The maximum atomic E-state index is 12.0. The van der Waals surface area contributed by atoms with Crippen LogP contribution in [0.15, 0.2) is 0 Å². The normalized spacial score (nSPS) is 35.4. The second-order valence-corrected chi connectivity index (χ2v) is 5.91. The van der Waals surface area contributed by atoms with E-state index in [9.17, 15) is 9.59 Å². The first kappa shape index (κ1) is 12.2. The lowest BCUT2D eigenvalue weighted by atomic mass is 10.1. The Bertz CT molecular complexity index is 377. The Kier molecular flexibility index (Phi) is 2.40. The van der Waals surface area contributed by atoms with Crippen LogP contribution in [0.5, 0.6) is 0 Å². The van der Waals surface area contributed by atoms with Crippen LogP contribution in [-0.4, -0.2) is 34.2 Å². The summed E-state index contributed by atoms with van der Waals surface area (Å²) >= 11 is 0. The summed E-state index contributed by atoms with van der Waals surface area (Å²) in [5.74, 6) is -0.379. The Hall–Kier alpha value is -1.30. The average Bonchev–Trinajstić information content (AvgIpc) is 2.74. The molecule has 1 saturated carbocycles. The minimum atomic E-state index is -1.38. The molecule has 6 heteroatoms. The van der Waals surface area contributed by atoms with Crippen molar-refractivity contribution in [3.05, 3.63) is 0 Å². The van der Waals surface area contributed by atoms with E-state index in [4.69, 9.17) is 16.2 Å². The molecule has 17 heavy (non-hydrogen) atoms. The molecule has 0 aromatic carbocycles. The fraction of sp³-hybridized carbons (Fsp3) is 0.818. The first-order chi connectivity index (χ1) is 7.65. The van der Waals surface area contributed by atoms with Gasteiger partial charge in [0.25, 0.3) is 5.91 Å². The van der Waals surface area contributed by atoms with Crippen molar-refractivity contribution >= 4 is 12.0 Å². The van der Waals surface area contributed by atoms with Gasteiger partial charge in [-0.3, -0.25) is 9.69 Å². The number of primary amides is 1. The van der Waals surface area contributed by atoms with Crippen LogP contribution in [0.4, 0.5) is 4.79 Å². The lowest BCUT2D eigenvalue weighted by Gasteiger charge is -2.35. The van der Waals surface area contributed by atoms with Crippen molar-refractivity contribution in [2.75, 3.05) is 0 Å². The van der Waals surface area contributed by atoms with Crippen LogP contribution in [0.1, 0.15) is 33.6 Å². The molecule has 6 nitrogen and oxygen atoms in total. The van der Waals surface area contributed by atoms with Crippen molar-refractivity contribution in [2.24, 2.45) is 17.4 Å². The molecule has 4 N–H and O–H groups in total. The molecule has 0 unspecified atom stereocenters. The third kappa shape index (κ3) is 1.97. The van der Waals surface area contributed by atoms with Crippen molar-refractivity contribution < 1.29 is 14.3 Å². The number of likely N-dealkylation sites (tertiary alicyclic amines) is 1. The molecule has 2 rings (SSSR count). The predicted octanol–water partition coefficient (Wildman–Crippen LogP) is 0.156. The fourth-order valence-electron chi connectivity index (χ4n) is 2.39. The third-order valence-corrected chi connectivity index (χ3v) is 3.24. The molecular formula is C11H19N3O3. The van der Waals surface area contributed by atoms with Gasteiger partial charge >= 0.3 is 6.09 Å². The molecule has 1 aliphatic heterocycles. The number of fused-ring (bicyclic) bond motifs is 1. The van der Waals surface area contributed by atoms with Gasteiger partial charge in [0.05, 0.1) is 0 Å². The van der Waals surface area contributed by atoms with Crippen molar-refractivity contribution in [3.8, 4) is 0 Å². The van der Waals surface area contributed by atoms with Gasteiger partial charge in [0.15, 0.2) is 5.66 Å². The summed E-state index contributed by atoms with van der Waals surface area (Å²) in [5.41, 5.74) is 9.24. The highest BCUT2D eigenvalue weighted by molar-refractivity contribution is 5.89. The van der Waals surface area contributed by atoms with Crippen molar-refractivity contribution in [3.63, 3.8) is 0 Å². The van der Waals surface area contributed by atoms with Gasteiger partial charge in [-0.2, -0.15) is 0 Å². The fourth-order valence-corrected chi connectivity index (χ4v) is 2.39. The molecule has 1 saturated heterocycles. The Morgan fingerprint density at radius 3 is 2.47 bits per heavy atom. The number of ether oxygens (including phenoxy) is 1. The molecule has 96 valence electrons. The molecule has 2 fully saturated rings. The summed E-state index contributed by atoms with van der Waals surface area (Å²) in [6.45, 7) is 5.31. The quantitative estimate of drug-likeness (QED) is 0.683. The van der Waals surface area contributed by atoms with Gasteiger partial charge in [-0.05, 0) is 39.5 Å². The Labute approximate surface area is 100 Å². The molecule has 0 spiro atoms. The van der Waals surface area contributed by atoms with Crippen molar-refractivity contribution in [2.45, 2.75) is 50.9 Å². The van der Waals surface area contributed by atoms with E-state index in [1.807, 2.05) is 0 Å². The summed E-state index contributed by atoms with van der Waals surface area (Å²) in [5, 5.41) is 0. The van der Waals surface area contributed by atoms with E-state index < -0.39 is 23.3 Å². The molecule has 3 atom stereocenters. The summed E-state index contributed by atoms with van der Waals surface area (Å²) < 4.78 is 5.26. The number of rotatable bonds is 1. The standard InChI is InChI=1S/C11H19N3O3/c1-10(2,3)17-9(16)14-7-4-6(7)5-11(14,13)8(12)15/h6-7H,4-5,13H2,1-3H3,(H2,12,15)/t6-,7-,11-/m0/s1. The first-order valence-electron chi connectivity index (χ1n) is 5.76. The van der Waals surface area contributed by atoms with E-state index in [0.717, 1.165) is 6.42 Å². The van der Waals surface area contributed by atoms with Gasteiger partial charge in [-0.25, -0.2) is 4.79 Å². The number of carbonyl (C=O) groups excluding carboxylic acids is 2. The van der Waals surface area contributed by atoms with E-state index in [1.54, 1.807) is 20.8 Å². The zero-order chi connectivity index (χ0) is 13.0. The van der Waals surface area contributed by atoms with Crippen LogP contribution < -0.4 is 11.5 Å². The molecular weight excluding hydrogens is 222 g/mol. The number of hydrogen-bond acceptors (Lipinski definition) is 4. The van der Waals surface area contributed by atoms with E-state index in [1.165, 1.54) is 4.90 Å². The van der Waals surface area contributed by atoms with Crippen LogP contribution in [0, 0.1) is 5.92 Å². The average molecular weight is 241 g/mol. The molecule has 1 heterocycles. The maximum Gasteiger partial charge on any atom is 0.412 e. The summed E-state index contributed by atoms with van der Waals surface area (Å²) in [7, 11) is 0. The number of nitrogens with two attached hydrogens (primary N) is 2. The lowest BCUT2D eigenvalue weighted by molar-refractivity contribution is -0.129. The van der Waals surface area contributed by atoms with Crippen LogP contribution in [0.2, 0.25) is 0 Å². The third-order valence-electron chi connectivity index (χ3n) is 3.24. The number of hydrogen-bond donors (Lipinski definition) is 2. The largest absolute Gasteiger partial charge is 0.444 e. The van der Waals surface area contributed by atoms with Crippen molar-refractivity contribution in [1.29, 1.82) is 0 Å². The molecule has 0 aromatic heterocycles. The van der Waals surface area contributed by atoms with E-state index in [-0.39, 0.29) is 6.04 Å². The zero-order valence-corrected chi connectivity index (χ0v) is 10.4. The Balaban J connectivity index is 2.18. The van der Waals surface area contributed by atoms with Gasteiger partial charge in [0, 0.05) is 6.04 Å². The molecule has 1 aliphatic carbocycles. The smallest absolute Gasteiger partial charge is 0.412 e. The van der Waals surface area contributed by atoms with E-state index in [2.05, 4.69) is 0 Å². The van der Waals surface area contributed by atoms with E-state index in [0.29, 0.717) is 12.3 Å². The molecule has 2 aliphatic rings. The van der Waals surface area contributed by atoms with Crippen molar-refractivity contribution in [1.82, 2.24) is 4.90 Å². The van der Waals surface area contributed by atoms with Crippen LogP contribution >= 0.6 is 0 Å². The Morgan fingerprint density at radius 2 is 2.00 bits per heavy atom. The second-order valence-electron chi connectivity index (χ2n) is 5.91. The van der Waals surface area contributed by atoms with Gasteiger partial charge in [-0.15, -0.1) is 0 Å². The number of amides is 2. The Morgan fingerprint density at radius 1 is 1.41 bits per heavy atom. The zero-order valence-electron chi connectivity index (χ0n) is 10.4. The minimum Gasteiger partial charge on any atom is -0.444 e. The minimum absolute atomic E-state index is 0.0161. The van der Waals surface area contributed by atoms with E-state index >= 15 is 0 Å². The van der Waals surface area contributed by atoms with Crippen LogP contribution in [-0.2, 0) is 9.53 Å². The van der Waals surface area contributed by atoms with Gasteiger partial charge in [-0.1, -0.05) is 0 Å². The van der Waals surface area contributed by atoms with Gasteiger partial charge < -0.3 is 16.2 Å². The molecule has 2 amide bonds. The highest BCUT2D eigenvalue weighted by atomic mass is 16.6. The first-order valence-corrected chi connectivity index (χ1v) is 5.76. The lowest BCUT2D eigenvalue weighted by Crippen LogP contribution is -2.64. The highest BCUT2D eigenvalue weighted by Crippen LogP contribution is 2.51. The summed E-state index contributed by atoms with van der Waals surface area (Å²) in [6.07, 6.45) is 0.765. The predicted molar refractivity (Wildman–Crippen MR) is 60.7 cm³/mol. The monoisotopic (exact) mass is 241 g/mol. The van der Waals surface area contributed by atoms with Gasteiger partial charge in [0.1, 0.15) is 5.60 Å². The number of carbonyl (C=O) groups is 2. The second kappa shape index (κ2) is 3.35. The number of piperidine rings is 1. The maximum absolute atomic E-state index is 12.0. The SMILES string of the molecule is CC(C)(C)OC(=O)N1[C@H]2C[C@H]2C[C@@]1(N)C(N)=O. The molecule has 0 aromatic rings. The van der Waals surface area contributed by atoms with Gasteiger partial charge in [0.2, 0.25) is 0 Å².